The molecule has 1 amide bonds. The fourth-order valence-electron chi connectivity index (χ4n) is 4.10. The van der Waals surface area contributed by atoms with Crippen molar-refractivity contribution in [3.8, 4) is 0 Å². The number of fused-ring (bicyclic) bond motifs is 2. The first-order valence-electron chi connectivity index (χ1n) is 8.81. The Morgan fingerprint density at radius 3 is 2.79 bits per heavy atom. The van der Waals surface area contributed by atoms with Crippen LogP contribution in [0.1, 0.15) is 47.9 Å². The zero-order chi connectivity index (χ0) is 16.6. The van der Waals surface area contributed by atoms with Crippen molar-refractivity contribution in [2.24, 2.45) is 0 Å². The molecule has 2 aliphatic rings. The second-order valence-corrected chi connectivity index (χ2v) is 6.81. The number of hydrogen-bond acceptors (Lipinski definition) is 3. The van der Waals surface area contributed by atoms with Crippen LogP contribution in [0.2, 0.25) is 0 Å². The van der Waals surface area contributed by atoms with Gasteiger partial charge in [-0.15, -0.1) is 0 Å². The quantitative estimate of drug-likeness (QED) is 0.858. The number of amides is 1. The van der Waals surface area contributed by atoms with E-state index in [1.54, 1.807) is 6.26 Å². The van der Waals surface area contributed by atoms with Gasteiger partial charge in [-0.2, -0.15) is 0 Å². The van der Waals surface area contributed by atoms with Crippen LogP contribution in [0.15, 0.2) is 41.0 Å². The van der Waals surface area contributed by atoms with E-state index in [9.17, 15) is 4.79 Å². The second kappa shape index (κ2) is 6.10. The Morgan fingerprint density at radius 2 is 2.00 bits per heavy atom. The van der Waals surface area contributed by atoms with E-state index in [0.29, 0.717) is 5.56 Å². The molecule has 1 aromatic heterocycles. The molecule has 0 atom stereocenters. The largest absolute Gasteiger partial charge is 0.469 e. The maximum Gasteiger partial charge on any atom is 0.261 e. The summed E-state index contributed by atoms with van der Waals surface area (Å²) in [5.41, 5.74) is 3.09. The van der Waals surface area contributed by atoms with Crippen molar-refractivity contribution >= 4 is 11.6 Å². The van der Waals surface area contributed by atoms with Crippen LogP contribution >= 0.6 is 0 Å². The highest BCUT2D eigenvalue weighted by atomic mass is 16.5. The van der Waals surface area contributed by atoms with Crippen LogP contribution < -0.4 is 4.90 Å². The van der Waals surface area contributed by atoms with Gasteiger partial charge >= 0.3 is 0 Å². The number of para-hydroxylation sites is 1. The van der Waals surface area contributed by atoms with E-state index in [4.69, 9.17) is 9.15 Å². The van der Waals surface area contributed by atoms with Crippen LogP contribution in [0.4, 0.5) is 5.69 Å². The van der Waals surface area contributed by atoms with Gasteiger partial charge in [0.1, 0.15) is 5.76 Å². The Balaban J connectivity index is 1.71. The van der Waals surface area contributed by atoms with E-state index in [0.717, 1.165) is 56.9 Å². The molecule has 0 unspecified atom stereocenters. The van der Waals surface area contributed by atoms with Gasteiger partial charge in [0.2, 0.25) is 0 Å². The number of carbonyl (C=O) groups is 1. The molecule has 126 valence electrons. The molecule has 1 fully saturated rings. The summed E-state index contributed by atoms with van der Waals surface area (Å²) in [6.07, 6.45) is 5.33. The Labute approximate surface area is 142 Å². The Kier molecular flexibility index (Phi) is 3.93. The predicted molar refractivity (Wildman–Crippen MR) is 92.6 cm³/mol. The molecular weight excluding hydrogens is 302 g/mol. The number of aryl methyl sites for hydroxylation is 1. The second-order valence-electron chi connectivity index (χ2n) is 6.81. The topological polar surface area (TPSA) is 42.7 Å². The third kappa shape index (κ3) is 2.37. The summed E-state index contributed by atoms with van der Waals surface area (Å²) in [6.45, 7) is 4.37. The smallest absolute Gasteiger partial charge is 0.261 e. The lowest BCUT2D eigenvalue weighted by atomic mass is 9.76. The molecule has 0 aliphatic carbocycles. The van der Waals surface area contributed by atoms with Crippen LogP contribution in [0.5, 0.6) is 0 Å². The van der Waals surface area contributed by atoms with Gasteiger partial charge in [-0.3, -0.25) is 4.79 Å². The van der Waals surface area contributed by atoms with Crippen LogP contribution in [0.25, 0.3) is 0 Å². The Bertz CT molecular complexity index is 743. The first kappa shape index (κ1) is 15.5. The molecule has 1 aromatic carbocycles. The molecule has 1 spiro atoms. The Hall–Kier alpha value is -2.07. The fourth-order valence-corrected chi connectivity index (χ4v) is 4.10. The highest BCUT2D eigenvalue weighted by Gasteiger charge is 2.45. The monoisotopic (exact) mass is 325 g/mol. The molecule has 2 aromatic rings. The molecule has 2 aliphatic heterocycles. The maximum atomic E-state index is 13.2. The minimum atomic E-state index is 0.0408. The molecule has 0 N–H and O–H groups in total. The number of anilines is 1. The van der Waals surface area contributed by atoms with Gasteiger partial charge in [0.15, 0.2) is 0 Å². The number of carbonyl (C=O) groups excluding carboxylic acids is 1. The summed E-state index contributed by atoms with van der Waals surface area (Å²) in [5, 5.41) is 0. The van der Waals surface area contributed by atoms with Gasteiger partial charge in [0.25, 0.3) is 5.91 Å². The van der Waals surface area contributed by atoms with Gasteiger partial charge in [0, 0.05) is 37.3 Å². The molecule has 4 nitrogen and oxygen atoms in total. The summed E-state index contributed by atoms with van der Waals surface area (Å²) in [6, 6.07) is 10.1. The Morgan fingerprint density at radius 1 is 1.21 bits per heavy atom. The normalized spacial score (nSPS) is 18.8. The lowest BCUT2D eigenvalue weighted by molar-refractivity contribution is 0.0547. The van der Waals surface area contributed by atoms with Crippen LogP contribution in [0, 0.1) is 0 Å². The summed E-state index contributed by atoms with van der Waals surface area (Å²) in [4.78, 5) is 15.2. The third-order valence-electron chi connectivity index (χ3n) is 5.37. The average Bonchev–Trinajstić information content (AvgIpc) is 3.20. The van der Waals surface area contributed by atoms with Crippen LogP contribution in [-0.4, -0.2) is 25.7 Å². The lowest BCUT2D eigenvalue weighted by Gasteiger charge is -2.34. The van der Waals surface area contributed by atoms with Crippen molar-refractivity contribution in [2.45, 2.75) is 38.0 Å². The van der Waals surface area contributed by atoms with E-state index < -0.39 is 0 Å². The number of rotatable bonds is 3. The highest BCUT2D eigenvalue weighted by molar-refractivity contribution is 6.08. The van der Waals surface area contributed by atoms with Crippen molar-refractivity contribution in [2.75, 3.05) is 24.7 Å². The maximum absolute atomic E-state index is 13.2. The van der Waals surface area contributed by atoms with Crippen molar-refractivity contribution in [1.29, 1.82) is 0 Å². The van der Waals surface area contributed by atoms with Crippen molar-refractivity contribution in [3.05, 3.63) is 53.5 Å². The zero-order valence-corrected chi connectivity index (χ0v) is 14.1. The lowest BCUT2D eigenvalue weighted by Crippen LogP contribution is -2.40. The van der Waals surface area contributed by atoms with Crippen LogP contribution in [0.3, 0.4) is 0 Å². The molecule has 0 bridgehead atoms. The van der Waals surface area contributed by atoms with Crippen molar-refractivity contribution in [1.82, 2.24) is 0 Å². The number of ether oxygens (including phenoxy) is 1. The van der Waals surface area contributed by atoms with Crippen molar-refractivity contribution in [3.63, 3.8) is 0 Å². The first-order chi connectivity index (χ1) is 11.7. The van der Waals surface area contributed by atoms with E-state index in [1.807, 2.05) is 17.0 Å². The molecule has 3 heterocycles. The predicted octanol–water partition coefficient (Wildman–Crippen LogP) is 3.94. The fraction of sp³-hybridized carbons (Fsp3) is 0.450. The first-order valence-corrected chi connectivity index (χ1v) is 8.81. The number of furan rings is 1. The van der Waals surface area contributed by atoms with Gasteiger partial charge < -0.3 is 14.1 Å². The van der Waals surface area contributed by atoms with E-state index in [-0.39, 0.29) is 11.3 Å². The van der Waals surface area contributed by atoms with Gasteiger partial charge in [-0.05, 0) is 37.0 Å². The average molecular weight is 325 g/mol. The van der Waals surface area contributed by atoms with Crippen LogP contribution in [-0.2, 0) is 16.6 Å². The molecule has 1 saturated heterocycles. The van der Waals surface area contributed by atoms with Gasteiger partial charge in [-0.25, -0.2) is 0 Å². The molecule has 4 heteroatoms. The third-order valence-corrected chi connectivity index (χ3v) is 5.37. The van der Waals surface area contributed by atoms with E-state index in [2.05, 4.69) is 25.1 Å². The minimum absolute atomic E-state index is 0.0408. The summed E-state index contributed by atoms with van der Waals surface area (Å²) >= 11 is 0. The van der Waals surface area contributed by atoms with Gasteiger partial charge in [-0.1, -0.05) is 25.1 Å². The standard InChI is InChI=1S/C20H23NO3/c1-2-5-18-15(8-11-24-18)19(22)21-14-20(9-12-23-13-10-20)16-6-3-4-7-17(16)21/h3-4,6-8,11H,2,5,9-10,12-14H2,1H3. The molecule has 0 radical (unpaired) electrons. The molecule has 4 rings (SSSR count). The van der Waals surface area contributed by atoms with Crippen molar-refractivity contribution < 1.29 is 13.9 Å². The van der Waals surface area contributed by atoms with Gasteiger partial charge in [0.05, 0.1) is 11.8 Å². The van der Waals surface area contributed by atoms with E-state index in [1.165, 1.54) is 5.56 Å². The van der Waals surface area contributed by atoms with E-state index >= 15 is 0 Å². The zero-order valence-electron chi connectivity index (χ0n) is 14.1. The summed E-state index contributed by atoms with van der Waals surface area (Å²) in [7, 11) is 0. The number of nitrogens with zero attached hydrogens (tertiary/aromatic N) is 1. The number of hydrogen-bond donors (Lipinski definition) is 0. The SMILES string of the molecule is CCCc1occc1C(=O)N1CC2(CCOCC2)c2ccccc21. The minimum Gasteiger partial charge on any atom is -0.469 e. The molecule has 0 saturated carbocycles. The summed E-state index contributed by atoms with van der Waals surface area (Å²) in [5.74, 6) is 0.857. The summed E-state index contributed by atoms with van der Waals surface area (Å²) < 4.78 is 11.1. The number of benzene rings is 1. The molecular formula is C20H23NO3. The highest BCUT2D eigenvalue weighted by Crippen LogP contribution is 2.47. The molecule has 24 heavy (non-hydrogen) atoms.